The highest BCUT2D eigenvalue weighted by atomic mass is 35.5. The maximum absolute atomic E-state index is 11.9. The van der Waals surface area contributed by atoms with E-state index in [0.29, 0.717) is 23.6 Å². The molecule has 2 heterocycles. The van der Waals surface area contributed by atoms with Crippen molar-refractivity contribution in [2.24, 2.45) is 0 Å². The summed E-state index contributed by atoms with van der Waals surface area (Å²) < 4.78 is 5.55. The van der Waals surface area contributed by atoms with Crippen LogP contribution < -0.4 is 4.74 Å². The molecule has 0 amide bonds. The molecule has 26 heavy (non-hydrogen) atoms. The fourth-order valence-electron chi connectivity index (χ4n) is 3.68. The Kier molecular flexibility index (Phi) is 6.12. The number of pyridine rings is 1. The van der Waals surface area contributed by atoms with E-state index in [1.54, 1.807) is 19.4 Å². The number of carboxylic acids is 1. The third-order valence-electron chi connectivity index (χ3n) is 4.91. The summed E-state index contributed by atoms with van der Waals surface area (Å²) in [5.41, 5.74) is 1.81. The van der Waals surface area contributed by atoms with Gasteiger partial charge in [-0.05, 0) is 49.7 Å². The lowest BCUT2D eigenvalue weighted by molar-refractivity contribution is -0.146. The monoisotopic (exact) mass is 374 g/mol. The Hall–Kier alpha value is -2.11. The Morgan fingerprint density at radius 2 is 2.23 bits per heavy atom. The molecule has 1 aliphatic rings. The summed E-state index contributed by atoms with van der Waals surface area (Å²) >= 11 is 6.25. The molecule has 1 fully saturated rings. The number of methoxy groups -OCH3 is 1. The summed E-state index contributed by atoms with van der Waals surface area (Å²) in [7, 11) is 1.62. The number of likely N-dealkylation sites (tertiary alicyclic amines) is 1. The van der Waals surface area contributed by atoms with E-state index in [-0.39, 0.29) is 6.04 Å². The smallest absolute Gasteiger partial charge is 0.320 e. The zero-order valence-electron chi connectivity index (χ0n) is 14.8. The summed E-state index contributed by atoms with van der Waals surface area (Å²) in [4.78, 5) is 18.4. The quantitative estimate of drug-likeness (QED) is 0.829. The molecule has 2 aromatic rings. The molecule has 1 aliphatic heterocycles. The summed E-state index contributed by atoms with van der Waals surface area (Å²) in [6.45, 7) is 0.726. The number of hydrogen-bond acceptors (Lipinski definition) is 4. The van der Waals surface area contributed by atoms with Crippen molar-refractivity contribution in [2.75, 3.05) is 13.7 Å². The van der Waals surface area contributed by atoms with Gasteiger partial charge in [-0.1, -0.05) is 24.1 Å². The molecule has 1 aromatic heterocycles. The minimum Gasteiger partial charge on any atom is -0.496 e. The van der Waals surface area contributed by atoms with Crippen LogP contribution in [0.4, 0.5) is 0 Å². The fraction of sp³-hybridized carbons (Fsp3) is 0.400. The maximum atomic E-state index is 11.9. The molecule has 0 bridgehead atoms. The number of aliphatic carboxylic acids is 1. The number of hydrogen-bond donors (Lipinski definition) is 1. The first kappa shape index (κ1) is 18.7. The minimum atomic E-state index is -0.781. The first-order chi connectivity index (χ1) is 12.6. The zero-order chi connectivity index (χ0) is 18.5. The summed E-state index contributed by atoms with van der Waals surface area (Å²) in [6.07, 6.45) is 4.91. The highest BCUT2D eigenvalue weighted by molar-refractivity contribution is 6.30. The molecule has 0 aliphatic carbocycles. The van der Waals surface area contributed by atoms with Crippen LogP contribution in [0.15, 0.2) is 42.6 Å². The van der Waals surface area contributed by atoms with Gasteiger partial charge in [-0.25, -0.2) is 0 Å². The molecule has 5 nitrogen and oxygen atoms in total. The Bertz CT molecular complexity index is 754. The number of rotatable bonds is 6. The van der Waals surface area contributed by atoms with E-state index in [1.807, 2.05) is 30.3 Å². The Morgan fingerprint density at radius 1 is 1.38 bits per heavy atom. The second-order valence-corrected chi connectivity index (χ2v) is 6.95. The normalized spacial score (nSPS) is 19.1. The molecular formula is C20H23ClN2O3. The van der Waals surface area contributed by atoms with Gasteiger partial charge in [0.1, 0.15) is 11.8 Å². The molecule has 1 saturated heterocycles. The standard InChI is InChI=1S/C20H23ClN2O3/c1-26-19-9-8-14(21)12-16(19)18(13-15-6-2-4-10-22-15)23-11-5-3-7-17(23)20(24)25/h2,4,6,8-10,12,17-18H,3,5,7,11,13H2,1H3,(H,24,25). The molecule has 6 heteroatoms. The number of piperidine rings is 1. The van der Waals surface area contributed by atoms with Crippen LogP contribution in [-0.4, -0.2) is 40.7 Å². The van der Waals surface area contributed by atoms with Gasteiger partial charge in [0.2, 0.25) is 0 Å². The average Bonchev–Trinajstić information content (AvgIpc) is 2.67. The van der Waals surface area contributed by atoms with E-state index in [4.69, 9.17) is 16.3 Å². The minimum absolute atomic E-state index is 0.167. The highest BCUT2D eigenvalue weighted by Crippen LogP contribution is 2.37. The van der Waals surface area contributed by atoms with Crippen LogP contribution >= 0.6 is 11.6 Å². The molecule has 3 rings (SSSR count). The van der Waals surface area contributed by atoms with Gasteiger partial charge in [0, 0.05) is 34.9 Å². The van der Waals surface area contributed by atoms with Crippen LogP contribution in [-0.2, 0) is 11.2 Å². The molecule has 2 unspecified atom stereocenters. The number of benzene rings is 1. The van der Waals surface area contributed by atoms with Crippen molar-refractivity contribution in [2.45, 2.75) is 37.8 Å². The van der Waals surface area contributed by atoms with E-state index < -0.39 is 12.0 Å². The molecule has 138 valence electrons. The molecule has 1 N–H and O–H groups in total. The maximum Gasteiger partial charge on any atom is 0.320 e. The lowest BCUT2D eigenvalue weighted by atomic mass is 9.93. The van der Waals surface area contributed by atoms with Gasteiger partial charge in [-0.2, -0.15) is 0 Å². The fourth-order valence-corrected chi connectivity index (χ4v) is 3.86. The van der Waals surface area contributed by atoms with E-state index in [2.05, 4.69) is 9.88 Å². The van der Waals surface area contributed by atoms with Crippen molar-refractivity contribution in [3.8, 4) is 5.75 Å². The Balaban J connectivity index is 2.04. The van der Waals surface area contributed by atoms with Gasteiger partial charge in [0.05, 0.1) is 7.11 Å². The Morgan fingerprint density at radius 3 is 2.92 bits per heavy atom. The van der Waals surface area contributed by atoms with Crippen molar-refractivity contribution in [3.63, 3.8) is 0 Å². The van der Waals surface area contributed by atoms with Crippen molar-refractivity contribution in [1.29, 1.82) is 0 Å². The largest absolute Gasteiger partial charge is 0.496 e. The first-order valence-electron chi connectivity index (χ1n) is 8.82. The van der Waals surface area contributed by atoms with E-state index in [1.165, 1.54) is 0 Å². The summed E-state index contributed by atoms with van der Waals surface area (Å²) in [5.74, 6) is -0.0678. The third kappa shape index (κ3) is 4.17. The van der Waals surface area contributed by atoms with E-state index in [0.717, 1.165) is 30.6 Å². The van der Waals surface area contributed by atoms with E-state index in [9.17, 15) is 9.90 Å². The van der Waals surface area contributed by atoms with Crippen LogP contribution in [0.5, 0.6) is 5.75 Å². The third-order valence-corrected chi connectivity index (χ3v) is 5.14. The van der Waals surface area contributed by atoms with Gasteiger partial charge >= 0.3 is 5.97 Å². The highest BCUT2D eigenvalue weighted by Gasteiger charge is 2.35. The van der Waals surface area contributed by atoms with Crippen molar-refractivity contribution in [3.05, 3.63) is 58.9 Å². The molecule has 2 atom stereocenters. The number of carboxylic acid groups (broad SMARTS) is 1. The van der Waals surface area contributed by atoms with Crippen LogP contribution in [0, 0.1) is 0 Å². The second kappa shape index (κ2) is 8.52. The van der Waals surface area contributed by atoms with Crippen molar-refractivity contribution in [1.82, 2.24) is 9.88 Å². The zero-order valence-corrected chi connectivity index (χ0v) is 15.5. The second-order valence-electron chi connectivity index (χ2n) is 6.51. The van der Waals surface area contributed by atoms with Crippen LogP contribution in [0.2, 0.25) is 5.02 Å². The molecule has 0 radical (unpaired) electrons. The lowest BCUT2D eigenvalue weighted by Crippen LogP contribution is -2.47. The van der Waals surface area contributed by atoms with E-state index >= 15 is 0 Å². The SMILES string of the molecule is COc1ccc(Cl)cc1C(Cc1ccccn1)N1CCCCC1C(=O)O. The lowest BCUT2D eigenvalue weighted by Gasteiger charge is -2.39. The van der Waals surface area contributed by atoms with Crippen LogP contribution in [0.25, 0.3) is 0 Å². The van der Waals surface area contributed by atoms with Crippen molar-refractivity contribution >= 4 is 17.6 Å². The van der Waals surface area contributed by atoms with Gasteiger partial charge in [-0.3, -0.25) is 14.7 Å². The first-order valence-corrected chi connectivity index (χ1v) is 9.20. The summed E-state index contributed by atoms with van der Waals surface area (Å²) in [6, 6.07) is 10.6. The molecule has 0 spiro atoms. The molecular weight excluding hydrogens is 352 g/mol. The summed E-state index contributed by atoms with van der Waals surface area (Å²) in [5, 5.41) is 10.3. The van der Waals surface area contributed by atoms with Gasteiger partial charge in [-0.15, -0.1) is 0 Å². The van der Waals surface area contributed by atoms with Crippen LogP contribution in [0.3, 0.4) is 0 Å². The number of aromatic nitrogens is 1. The number of ether oxygens (including phenoxy) is 1. The molecule has 1 aromatic carbocycles. The predicted octanol–water partition coefficient (Wildman–Crippen LogP) is 3.97. The van der Waals surface area contributed by atoms with Gasteiger partial charge in [0.15, 0.2) is 0 Å². The molecule has 0 saturated carbocycles. The van der Waals surface area contributed by atoms with Crippen LogP contribution in [0.1, 0.15) is 36.6 Å². The number of nitrogens with zero attached hydrogens (tertiary/aromatic N) is 2. The van der Waals surface area contributed by atoms with Gasteiger partial charge in [0.25, 0.3) is 0 Å². The Labute approximate surface area is 158 Å². The average molecular weight is 375 g/mol. The number of carbonyl (C=O) groups is 1. The predicted molar refractivity (Wildman–Crippen MR) is 101 cm³/mol. The van der Waals surface area contributed by atoms with Gasteiger partial charge < -0.3 is 9.84 Å². The number of halogens is 1. The van der Waals surface area contributed by atoms with Crippen molar-refractivity contribution < 1.29 is 14.6 Å². The topological polar surface area (TPSA) is 62.7 Å².